The molecule has 2 rings (SSSR count). The molecule has 0 saturated carbocycles. The number of aryl methyl sites for hydroxylation is 3. The average Bonchev–Trinajstić information content (AvgIpc) is 2.36. The predicted molar refractivity (Wildman–Crippen MR) is 73.8 cm³/mol. The van der Waals surface area contributed by atoms with Crippen LogP contribution in [0.15, 0.2) is 24.4 Å². The summed E-state index contributed by atoms with van der Waals surface area (Å²) < 4.78 is 0. The Kier molecular flexibility index (Phi) is 3.43. The van der Waals surface area contributed by atoms with E-state index in [1.54, 1.807) is 6.20 Å². The highest BCUT2D eigenvalue weighted by molar-refractivity contribution is 5.61. The quantitative estimate of drug-likeness (QED) is 0.570. The van der Waals surface area contributed by atoms with Gasteiger partial charge < -0.3 is 5.32 Å². The third kappa shape index (κ3) is 2.57. The van der Waals surface area contributed by atoms with Gasteiger partial charge in [0.15, 0.2) is 0 Å². The number of nitrogens with zero attached hydrogens (tertiary/aromatic N) is 2. The summed E-state index contributed by atoms with van der Waals surface area (Å²) in [6.07, 6.45) is 1.73. The second-order valence-electron chi connectivity index (χ2n) is 4.29. The molecule has 0 atom stereocenters. The molecular weight excluding hydrogens is 226 g/mol. The molecule has 94 valence electrons. The van der Waals surface area contributed by atoms with E-state index in [4.69, 9.17) is 5.84 Å². The fourth-order valence-corrected chi connectivity index (χ4v) is 1.59. The molecule has 0 amide bonds. The lowest BCUT2D eigenvalue weighted by molar-refractivity contribution is 1.09. The zero-order valence-corrected chi connectivity index (χ0v) is 10.8. The van der Waals surface area contributed by atoms with Gasteiger partial charge in [0, 0.05) is 17.4 Å². The minimum absolute atomic E-state index is 0.395. The first-order valence-electron chi connectivity index (χ1n) is 5.74. The first kappa shape index (κ1) is 12.3. The topological polar surface area (TPSA) is 75.9 Å². The van der Waals surface area contributed by atoms with Gasteiger partial charge in [0.1, 0.15) is 5.82 Å². The molecule has 0 bridgehead atoms. The average molecular weight is 243 g/mol. The van der Waals surface area contributed by atoms with Crippen molar-refractivity contribution in [3.05, 3.63) is 41.1 Å². The van der Waals surface area contributed by atoms with Crippen LogP contribution in [0.3, 0.4) is 0 Å². The fourth-order valence-electron chi connectivity index (χ4n) is 1.59. The SMILES string of the molecule is Cc1ccc(Nc2nc(NN)ncc2C)cc1C. The number of nitrogens with one attached hydrogen (secondary N) is 2. The molecule has 0 aliphatic rings. The molecule has 0 unspecified atom stereocenters. The second-order valence-corrected chi connectivity index (χ2v) is 4.29. The summed E-state index contributed by atoms with van der Waals surface area (Å²) in [6, 6.07) is 6.20. The van der Waals surface area contributed by atoms with Crippen LogP contribution in [-0.2, 0) is 0 Å². The Morgan fingerprint density at radius 1 is 1.06 bits per heavy atom. The largest absolute Gasteiger partial charge is 0.340 e. The predicted octanol–water partition coefficient (Wildman–Crippen LogP) is 2.43. The Bertz CT molecular complexity index is 565. The third-order valence-electron chi connectivity index (χ3n) is 2.87. The Balaban J connectivity index is 2.30. The van der Waals surface area contributed by atoms with Crippen molar-refractivity contribution in [2.45, 2.75) is 20.8 Å². The summed E-state index contributed by atoms with van der Waals surface area (Å²) >= 11 is 0. The van der Waals surface area contributed by atoms with E-state index < -0.39 is 0 Å². The van der Waals surface area contributed by atoms with Gasteiger partial charge in [0.25, 0.3) is 0 Å². The number of hydrogen-bond acceptors (Lipinski definition) is 5. The van der Waals surface area contributed by atoms with Gasteiger partial charge in [0.05, 0.1) is 0 Å². The number of hydrazine groups is 1. The minimum Gasteiger partial charge on any atom is -0.340 e. The molecule has 4 N–H and O–H groups in total. The van der Waals surface area contributed by atoms with Crippen molar-refractivity contribution < 1.29 is 0 Å². The van der Waals surface area contributed by atoms with Crippen molar-refractivity contribution in [2.24, 2.45) is 5.84 Å². The molecule has 0 saturated heterocycles. The van der Waals surface area contributed by atoms with Gasteiger partial charge in [-0.25, -0.2) is 10.8 Å². The number of benzene rings is 1. The molecule has 2 aromatic rings. The summed E-state index contributed by atoms with van der Waals surface area (Å²) in [7, 11) is 0. The highest BCUT2D eigenvalue weighted by Crippen LogP contribution is 2.21. The summed E-state index contributed by atoms with van der Waals surface area (Å²) in [6.45, 7) is 6.12. The van der Waals surface area contributed by atoms with E-state index in [9.17, 15) is 0 Å². The Morgan fingerprint density at radius 3 is 2.50 bits per heavy atom. The molecule has 5 heteroatoms. The van der Waals surface area contributed by atoms with Crippen molar-refractivity contribution in [3.8, 4) is 0 Å². The number of nitrogen functional groups attached to an aromatic ring is 1. The molecule has 0 aliphatic heterocycles. The first-order valence-corrected chi connectivity index (χ1v) is 5.74. The maximum Gasteiger partial charge on any atom is 0.239 e. The van der Waals surface area contributed by atoms with E-state index in [0.29, 0.717) is 5.95 Å². The van der Waals surface area contributed by atoms with E-state index in [-0.39, 0.29) is 0 Å². The molecule has 1 aromatic carbocycles. The Labute approximate surface area is 106 Å². The Hall–Kier alpha value is -2.14. The van der Waals surface area contributed by atoms with Crippen LogP contribution < -0.4 is 16.6 Å². The molecule has 0 radical (unpaired) electrons. The summed E-state index contributed by atoms with van der Waals surface area (Å²) in [4.78, 5) is 8.32. The standard InChI is InChI=1S/C13H17N5/c1-8-4-5-11(6-9(8)2)16-12-10(3)7-15-13(17-12)18-14/h4-7H,14H2,1-3H3,(H2,15,16,17,18). The fraction of sp³-hybridized carbons (Fsp3) is 0.231. The van der Waals surface area contributed by atoms with Crippen LogP contribution in [0.1, 0.15) is 16.7 Å². The lowest BCUT2D eigenvalue weighted by Crippen LogP contribution is -2.11. The molecule has 0 spiro atoms. The summed E-state index contributed by atoms with van der Waals surface area (Å²) in [5.74, 6) is 6.45. The molecular formula is C13H17N5. The summed E-state index contributed by atoms with van der Waals surface area (Å²) in [5, 5.41) is 3.27. The lowest BCUT2D eigenvalue weighted by Gasteiger charge is -2.11. The van der Waals surface area contributed by atoms with E-state index in [2.05, 4.69) is 46.7 Å². The molecule has 1 heterocycles. The first-order chi connectivity index (χ1) is 8.60. The van der Waals surface area contributed by atoms with Crippen molar-refractivity contribution in [1.29, 1.82) is 0 Å². The molecule has 0 fully saturated rings. The van der Waals surface area contributed by atoms with Gasteiger partial charge in [0.2, 0.25) is 5.95 Å². The number of hydrogen-bond donors (Lipinski definition) is 3. The molecule has 5 nitrogen and oxygen atoms in total. The van der Waals surface area contributed by atoms with Crippen LogP contribution in [0.2, 0.25) is 0 Å². The summed E-state index contributed by atoms with van der Waals surface area (Å²) in [5.41, 5.74) is 6.91. The van der Waals surface area contributed by atoms with E-state index in [0.717, 1.165) is 17.1 Å². The van der Waals surface area contributed by atoms with Crippen molar-refractivity contribution in [3.63, 3.8) is 0 Å². The molecule has 18 heavy (non-hydrogen) atoms. The lowest BCUT2D eigenvalue weighted by atomic mass is 10.1. The number of aromatic nitrogens is 2. The van der Waals surface area contributed by atoms with Gasteiger partial charge in [-0.05, 0) is 44.0 Å². The Morgan fingerprint density at radius 2 is 1.83 bits per heavy atom. The van der Waals surface area contributed by atoms with Crippen LogP contribution in [0.4, 0.5) is 17.5 Å². The second kappa shape index (κ2) is 5.01. The maximum atomic E-state index is 5.30. The highest BCUT2D eigenvalue weighted by Gasteiger charge is 2.04. The maximum absolute atomic E-state index is 5.30. The van der Waals surface area contributed by atoms with Gasteiger partial charge in [-0.2, -0.15) is 4.98 Å². The van der Waals surface area contributed by atoms with Gasteiger partial charge in [-0.1, -0.05) is 6.07 Å². The smallest absolute Gasteiger partial charge is 0.239 e. The molecule has 0 aliphatic carbocycles. The highest BCUT2D eigenvalue weighted by atomic mass is 15.3. The van der Waals surface area contributed by atoms with Crippen LogP contribution in [0.5, 0.6) is 0 Å². The van der Waals surface area contributed by atoms with E-state index in [1.165, 1.54) is 11.1 Å². The monoisotopic (exact) mass is 243 g/mol. The normalized spacial score (nSPS) is 10.2. The zero-order valence-electron chi connectivity index (χ0n) is 10.8. The van der Waals surface area contributed by atoms with Crippen molar-refractivity contribution >= 4 is 17.5 Å². The molecule has 1 aromatic heterocycles. The number of rotatable bonds is 3. The van der Waals surface area contributed by atoms with Crippen LogP contribution >= 0.6 is 0 Å². The van der Waals surface area contributed by atoms with Crippen LogP contribution in [0.25, 0.3) is 0 Å². The van der Waals surface area contributed by atoms with Crippen LogP contribution in [-0.4, -0.2) is 9.97 Å². The van der Waals surface area contributed by atoms with Crippen molar-refractivity contribution in [2.75, 3.05) is 10.7 Å². The zero-order chi connectivity index (χ0) is 13.1. The van der Waals surface area contributed by atoms with E-state index in [1.807, 2.05) is 13.0 Å². The number of anilines is 3. The number of nitrogens with two attached hydrogens (primary N) is 1. The minimum atomic E-state index is 0.395. The van der Waals surface area contributed by atoms with Gasteiger partial charge in [-0.3, -0.25) is 5.43 Å². The van der Waals surface area contributed by atoms with E-state index >= 15 is 0 Å². The van der Waals surface area contributed by atoms with Crippen molar-refractivity contribution in [1.82, 2.24) is 9.97 Å². The van der Waals surface area contributed by atoms with Crippen LogP contribution in [0, 0.1) is 20.8 Å². The van der Waals surface area contributed by atoms with Gasteiger partial charge >= 0.3 is 0 Å². The third-order valence-corrected chi connectivity index (χ3v) is 2.87. The van der Waals surface area contributed by atoms with Gasteiger partial charge in [-0.15, -0.1) is 0 Å².